The molecule has 1 amide bonds. The lowest BCUT2D eigenvalue weighted by Crippen LogP contribution is -2.44. The summed E-state index contributed by atoms with van der Waals surface area (Å²) in [5.74, 6) is 0. The lowest BCUT2D eigenvalue weighted by atomic mass is 10.0. The molecule has 0 aliphatic carbocycles. The molecule has 3 nitrogen and oxygen atoms in total. The van der Waals surface area contributed by atoms with E-state index in [1.54, 1.807) is 0 Å². The van der Waals surface area contributed by atoms with E-state index in [9.17, 15) is 4.79 Å². The van der Waals surface area contributed by atoms with Crippen LogP contribution in [0.25, 0.3) is 0 Å². The minimum absolute atomic E-state index is 0.122. The van der Waals surface area contributed by atoms with Crippen molar-refractivity contribution in [3.8, 4) is 0 Å². The van der Waals surface area contributed by atoms with E-state index in [0.29, 0.717) is 12.1 Å². The van der Waals surface area contributed by atoms with Crippen molar-refractivity contribution < 1.29 is 9.53 Å². The molecule has 1 aliphatic heterocycles. The Morgan fingerprint density at radius 3 is 2.39 bits per heavy atom. The molecule has 1 aliphatic rings. The Labute approximate surface area is 143 Å². The monoisotopic (exact) mass is 323 g/mol. The van der Waals surface area contributed by atoms with Crippen molar-refractivity contribution in [1.82, 2.24) is 4.90 Å². The second-order valence-electron chi connectivity index (χ2n) is 7.78. The largest absolute Gasteiger partial charge is 0.444 e. The predicted molar refractivity (Wildman–Crippen MR) is 97.7 cm³/mol. The summed E-state index contributed by atoms with van der Waals surface area (Å²) >= 11 is 0. The molecule has 23 heavy (non-hydrogen) atoms. The SMILES string of the molecule is C/C=C\C[C@@H]1CC[C@@H](CCCCCCC)N1C(=O)OC(C)(C)C. The highest BCUT2D eigenvalue weighted by molar-refractivity contribution is 5.69. The van der Waals surface area contributed by atoms with Gasteiger partial charge in [0.1, 0.15) is 5.60 Å². The summed E-state index contributed by atoms with van der Waals surface area (Å²) in [5.41, 5.74) is -0.420. The number of rotatable bonds is 8. The topological polar surface area (TPSA) is 29.5 Å². The molecule has 0 N–H and O–H groups in total. The lowest BCUT2D eigenvalue weighted by molar-refractivity contribution is 0.0139. The molecule has 1 rings (SSSR count). The van der Waals surface area contributed by atoms with Crippen LogP contribution in [0.3, 0.4) is 0 Å². The average molecular weight is 324 g/mol. The fraction of sp³-hybridized carbons (Fsp3) is 0.850. The van der Waals surface area contributed by atoms with E-state index in [-0.39, 0.29) is 6.09 Å². The zero-order chi connectivity index (χ0) is 17.3. The molecule has 134 valence electrons. The van der Waals surface area contributed by atoms with Gasteiger partial charge in [0.2, 0.25) is 0 Å². The highest BCUT2D eigenvalue weighted by Crippen LogP contribution is 2.31. The van der Waals surface area contributed by atoms with Gasteiger partial charge in [-0.15, -0.1) is 0 Å². The normalized spacial score (nSPS) is 22.0. The summed E-state index contributed by atoms with van der Waals surface area (Å²) in [4.78, 5) is 14.7. The van der Waals surface area contributed by atoms with Gasteiger partial charge in [0, 0.05) is 12.1 Å². The number of hydrogen-bond acceptors (Lipinski definition) is 2. The molecule has 0 aromatic heterocycles. The summed E-state index contributed by atoms with van der Waals surface area (Å²) in [6.45, 7) is 10.1. The molecule has 0 saturated carbocycles. The van der Waals surface area contributed by atoms with E-state index >= 15 is 0 Å². The Kier molecular flexibility index (Phi) is 8.72. The molecule has 3 heteroatoms. The predicted octanol–water partition coefficient (Wildman–Crippen LogP) is 6.08. The van der Waals surface area contributed by atoms with Crippen molar-refractivity contribution in [2.45, 2.75) is 110 Å². The van der Waals surface area contributed by atoms with E-state index in [4.69, 9.17) is 4.74 Å². The van der Waals surface area contributed by atoms with Gasteiger partial charge < -0.3 is 9.64 Å². The third-order valence-corrected chi connectivity index (χ3v) is 4.51. The lowest BCUT2D eigenvalue weighted by Gasteiger charge is -2.32. The number of hydrogen-bond donors (Lipinski definition) is 0. The zero-order valence-corrected chi connectivity index (χ0v) is 15.9. The molecule has 1 heterocycles. The number of amides is 1. The van der Waals surface area contributed by atoms with Crippen LogP contribution in [0.5, 0.6) is 0 Å². The van der Waals surface area contributed by atoms with E-state index in [0.717, 1.165) is 25.7 Å². The molecule has 0 aromatic carbocycles. The fourth-order valence-corrected chi connectivity index (χ4v) is 3.37. The Balaban J connectivity index is 2.61. The standard InChI is InChI=1S/C20H37NO2/c1-6-8-10-11-12-14-18-16-15-17(13-9-7-2)21(18)19(22)23-20(3,4)5/h7,9,17-18H,6,8,10-16H2,1-5H3/b9-7-/t17-,18-/m1/s1. The fourth-order valence-electron chi connectivity index (χ4n) is 3.37. The first-order chi connectivity index (χ1) is 10.9. The molecule has 0 radical (unpaired) electrons. The van der Waals surface area contributed by atoms with Crippen molar-refractivity contribution in [2.24, 2.45) is 0 Å². The number of carbonyl (C=O) groups excluding carboxylic acids is 1. The Morgan fingerprint density at radius 1 is 1.13 bits per heavy atom. The summed E-state index contributed by atoms with van der Waals surface area (Å²) in [6.07, 6.45) is 14.8. The summed E-state index contributed by atoms with van der Waals surface area (Å²) in [6, 6.07) is 0.670. The number of nitrogens with zero attached hydrogens (tertiary/aromatic N) is 1. The molecule has 0 unspecified atom stereocenters. The molecule has 1 saturated heterocycles. The molecule has 2 atom stereocenters. The summed E-state index contributed by atoms with van der Waals surface area (Å²) < 4.78 is 5.67. The third-order valence-electron chi connectivity index (χ3n) is 4.51. The highest BCUT2D eigenvalue weighted by atomic mass is 16.6. The Morgan fingerprint density at radius 2 is 1.78 bits per heavy atom. The zero-order valence-electron chi connectivity index (χ0n) is 15.9. The van der Waals surface area contributed by atoms with Gasteiger partial charge in [0.05, 0.1) is 0 Å². The van der Waals surface area contributed by atoms with Crippen molar-refractivity contribution in [2.75, 3.05) is 0 Å². The van der Waals surface area contributed by atoms with Gasteiger partial charge in [0.25, 0.3) is 0 Å². The van der Waals surface area contributed by atoms with Crippen molar-refractivity contribution in [3.63, 3.8) is 0 Å². The second kappa shape index (κ2) is 10.00. The smallest absolute Gasteiger partial charge is 0.410 e. The number of allylic oxidation sites excluding steroid dienone is 1. The maximum absolute atomic E-state index is 12.7. The first kappa shape index (κ1) is 20.1. The van der Waals surface area contributed by atoms with Crippen LogP contribution in [0.1, 0.15) is 92.4 Å². The second-order valence-corrected chi connectivity index (χ2v) is 7.78. The van der Waals surface area contributed by atoms with Gasteiger partial charge in [-0.2, -0.15) is 0 Å². The van der Waals surface area contributed by atoms with Gasteiger partial charge in [-0.3, -0.25) is 0 Å². The quantitative estimate of drug-likeness (QED) is 0.400. The maximum atomic E-state index is 12.7. The van der Waals surface area contributed by atoms with E-state index in [1.165, 1.54) is 32.1 Å². The molecule has 0 bridgehead atoms. The number of ether oxygens (including phenoxy) is 1. The minimum atomic E-state index is -0.420. The van der Waals surface area contributed by atoms with Crippen molar-refractivity contribution >= 4 is 6.09 Å². The number of unbranched alkanes of at least 4 members (excludes halogenated alkanes) is 4. The summed E-state index contributed by atoms with van der Waals surface area (Å²) in [7, 11) is 0. The van der Waals surface area contributed by atoms with Gasteiger partial charge in [-0.1, -0.05) is 51.2 Å². The van der Waals surface area contributed by atoms with E-state index in [1.807, 2.05) is 32.6 Å². The molecule has 1 fully saturated rings. The van der Waals surface area contributed by atoms with Crippen LogP contribution in [0.2, 0.25) is 0 Å². The Bertz CT molecular complexity index is 370. The molecule has 0 aromatic rings. The minimum Gasteiger partial charge on any atom is -0.444 e. The van der Waals surface area contributed by atoms with Crippen LogP contribution in [-0.4, -0.2) is 28.7 Å². The van der Waals surface area contributed by atoms with Crippen molar-refractivity contribution in [3.05, 3.63) is 12.2 Å². The van der Waals surface area contributed by atoms with Gasteiger partial charge >= 0.3 is 6.09 Å². The first-order valence-electron chi connectivity index (χ1n) is 9.51. The van der Waals surface area contributed by atoms with Crippen LogP contribution in [-0.2, 0) is 4.74 Å². The number of carbonyl (C=O) groups is 1. The Hall–Kier alpha value is -0.990. The van der Waals surface area contributed by atoms with Crippen LogP contribution < -0.4 is 0 Å². The molecular formula is C20H37NO2. The number of likely N-dealkylation sites (tertiary alicyclic amines) is 1. The van der Waals surface area contributed by atoms with Crippen LogP contribution >= 0.6 is 0 Å². The van der Waals surface area contributed by atoms with Gasteiger partial charge in [-0.05, 0) is 53.4 Å². The summed E-state index contributed by atoms with van der Waals surface area (Å²) in [5, 5.41) is 0. The van der Waals surface area contributed by atoms with Crippen LogP contribution in [0.4, 0.5) is 4.79 Å². The average Bonchev–Trinajstić information content (AvgIpc) is 2.86. The van der Waals surface area contributed by atoms with Crippen molar-refractivity contribution in [1.29, 1.82) is 0 Å². The van der Waals surface area contributed by atoms with Crippen LogP contribution in [0.15, 0.2) is 12.2 Å². The highest BCUT2D eigenvalue weighted by Gasteiger charge is 2.38. The van der Waals surface area contributed by atoms with Crippen LogP contribution in [0, 0.1) is 0 Å². The maximum Gasteiger partial charge on any atom is 0.410 e. The van der Waals surface area contributed by atoms with E-state index < -0.39 is 5.60 Å². The molecular weight excluding hydrogens is 286 g/mol. The van der Waals surface area contributed by atoms with Gasteiger partial charge in [-0.25, -0.2) is 4.79 Å². The van der Waals surface area contributed by atoms with Gasteiger partial charge in [0.15, 0.2) is 0 Å². The third kappa shape index (κ3) is 7.41. The molecule has 0 spiro atoms. The first-order valence-corrected chi connectivity index (χ1v) is 9.51. The van der Waals surface area contributed by atoms with E-state index in [2.05, 4.69) is 19.1 Å².